The molecule has 0 radical (unpaired) electrons. The molecule has 0 spiro atoms. The van der Waals surface area contributed by atoms with Crippen molar-refractivity contribution < 1.29 is 9.90 Å². The monoisotopic (exact) mass is 299 g/mol. The largest absolute Gasteiger partial charge is 0.465 e. The number of hydrogen-bond acceptors (Lipinski definition) is 2. The van der Waals surface area contributed by atoms with Crippen molar-refractivity contribution in [2.75, 3.05) is 5.32 Å². The average Bonchev–Trinajstić information content (AvgIpc) is 2.92. The van der Waals surface area contributed by atoms with E-state index in [1.165, 1.54) is 19.3 Å². The van der Waals surface area contributed by atoms with E-state index in [4.69, 9.17) is 5.11 Å². The van der Waals surface area contributed by atoms with Crippen LogP contribution in [-0.2, 0) is 0 Å². The molecule has 22 heavy (non-hydrogen) atoms. The number of benzene rings is 1. The smallest absolute Gasteiger partial charge is 0.410 e. The van der Waals surface area contributed by atoms with Gasteiger partial charge in [-0.1, -0.05) is 37.0 Å². The summed E-state index contributed by atoms with van der Waals surface area (Å²) in [7, 11) is 0. The molecule has 1 amide bonds. The van der Waals surface area contributed by atoms with Crippen molar-refractivity contribution in [3.63, 3.8) is 0 Å². The first-order valence-electron chi connectivity index (χ1n) is 7.80. The minimum absolute atomic E-state index is 0.440. The Kier molecular flexibility index (Phi) is 4.13. The van der Waals surface area contributed by atoms with Gasteiger partial charge in [-0.3, -0.25) is 5.32 Å². The van der Waals surface area contributed by atoms with Gasteiger partial charge >= 0.3 is 6.09 Å². The summed E-state index contributed by atoms with van der Waals surface area (Å²) >= 11 is 0. The van der Waals surface area contributed by atoms with Crippen LogP contribution in [0.5, 0.6) is 0 Å². The third kappa shape index (κ3) is 3.13. The van der Waals surface area contributed by atoms with Crippen LogP contribution >= 0.6 is 0 Å². The van der Waals surface area contributed by atoms with Gasteiger partial charge in [0.2, 0.25) is 0 Å². The second kappa shape index (κ2) is 6.22. The molecule has 5 nitrogen and oxygen atoms in total. The fraction of sp³-hybridized carbons (Fsp3) is 0.412. The Hall–Kier alpha value is -2.30. The van der Waals surface area contributed by atoms with Gasteiger partial charge in [0.15, 0.2) is 0 Å². The molecular weight excluding hydrogens is 278 g/mol. The molecule has 2 N–H and O–H groups in total. The lowest BCUT2D eigenvalue weighted by atomic mass is 9.87. The number of hydrogen-bond donors (Lipinski definition) is 2. The van der Waals surface area contributed by atoms with Gasteiger partial charge in [0.25, 0.3) is 0 Å². The molecule has 0 saturated heterocycles. The fourth-order valence-corrected chi connectivity index (χ4v) is 3.08. The molecule has 1 aromatic heterocycles. The minimum atomic E-state index is -1.07. The van der Waals surface area contributed by atoms with Crippen LogP contribution in [0, 0.1) is 6.92 Å². The number of nitrogens with zero attached hydrogens (tertiary/aromatic N) is 2. The normalized spacial score (nSPS) is 15.7. The van der Waals surface area contributed by atoms with Crippen LogP contribution in [0.3, 0.4) is 0 Å². The quantitative estimate of drug-likeness (QED) is 0.887. The maximum Gasteiger partial charge on any atom is 0.410 e. The highest BCUT2D eigenvalue weighted by molar-refractivity contribution is 5.82. The highest BCUT2D eigenvalue weighted by atomic mass is 16.4. The summed E-state index contributed by atoms with van der Waals surface area (Å²) in [6.45, 7) is 2.02. The molecule has 116 valence electrons. The van der Waals surface area contributed by atoms with Crippen molar-refractivity contribution >= 4 is 11.9 Å². The number of amides is 1. The molecular formula is C17H21N3O2. The zero-order chi connectivity index (χ0) is 15.5. The van der Waals surface area contributed by atoms with E-state index in [-0.39, 0.29) is 0 Å². The van der Waals surface area contributed by atoms with Gasteiger partial charge in [0.05, 0.1) is 11.4 Å². The Labute approximate surface area is 130 Å². The predicted octanol–water partition coefficient (Wildman–Crippen LogP) is 4.32. The molecule has 0 aliphatic heterocycles. The molecule has 3 rings (SSSR count). The molecule has 1 heterocycles. The Balaban J connectivity index is 1.96. The van der Waals surface area contributed by atoms with Crippen molar-refractivity contribution in [2.45, 2.75) is 44.9 Å². The van der Waals surface area contributed by atoms with E-state index in [1.807, 2.05) is 37.3 Å². The van der Waals surface area contributed by atoms with E-state index in [0.717, 1.165) is 29.8 Å². The number of aromatic nitrogens is 2. The van der Waals surface area contributed by atoms with Crippen molar-refractivity contribution in [3.05, 3.63) is 41.6 Å². The van der Waals surface area contributed by atoms with Crippen LogP contribution in [0.4, 0.5) is 10.6 Å². The molecule has 1 aliphatic rings. The number of anilines is 1. The lowest BCUT2D eigenvalue weighted by molar-refractivity contribution is 0.209. The topological polar surface area (TPSA) is 67.2 Å². The lowest BCUT2D eigenvalue weighted by Crippen LogP contribution is -2.12. The molecule has 0 unspecified atom stereocenters. The second-order valence-electron chi connectivity index (χ2n) is 5.97. The summed E-state index contributed by atoms with van der Waals surface area (Å²) in [6.07, 6.45) is 4.95. The van der Waals surface area contributed by atoms with Crippen LogP contribution in [0.1, 0.15) is 49.3 Å². The molecule has 0 bridgehead atoms. The minimum Gasteiger partial charge on any atom is -0.465 e. The van der Waals surface area contributed by atoms with Gasteiger partial charge in [-0.05, 0) is 31.9 Å². The third-order valence-corrected chi connectivity index (χ3v) is 4.27. The first-order valence-corrected chi connectivity index (χ1v) is 7.80. The number of rotatable bonds is 3. The second-order valence-corrected chi connectivity index (χ2v) is 5.97. The Morgan fingerprint density at radius 1 is 1.23 bits per heavy atom. The summed E-state index contributed by atoms with van der Waals surface area (Å²) in [6, 6.07) is 9.80. The zero-order valence-corrected chi connectivity index (χ0v) is 12.7. The van der Waals surface area contributed by atoms with Gasteiger partial charge < -0.3 is 5.11 Å². The molecule has 2 aromatic rings. The van der Waals surface area contributed by atoms with Crippen molar-refractivity contribution in [3.8, 4) is 5.69 Å². The highest BCUT2D eigenvalue weighted by Crippen LogP contribution is 2.33. The number of aryl methyl sites for hydroxylation is 1. The predicted molar refractivity (Wildman–Crippen MR) is 85.8 cm³/mol. The molecule has 1 aliphatic carbocycles. The van der Waals surface area contributed by atoms with Crippen LogP contribution < -0.4 is 5.32 Å². The summed E-state index contributed by atoms with van der Waals surface area (Å²) < 4.78 is 1.69. The standard InChI is InChI=1S/C17H21N3O2/c1-12-7-9-14(10-8-12)20-16(18-17(21)22)11-15(19-20)13-5-3-2-4-6-13/h7-11,13,18H,2-6H2,1H3,(H,21,22). The molecule has 1 saturated carbocycles. The Morgan fingerprint density at radius 2 is 1.91 bits per heavy atom. The Bertz CT molecular complexity index is 655. The maximum absolute atomic E-state index is 11.0. The van der Waals surface area contributed by atoms with E-state index < -0.39 is 6.09 Å². The van der Waals surface area contributed by atoms with Crippen LogP contribution in [0.15, 0.2) is 30.3 Å². The van der Waals surface area contributed by atoms with E-state index in [2.05, 4.69) is 10.4 Å². The summed E-state index contributed by atoms with van der Waals surface area (Å²) in [5.41, 5.74) is 3.02. The summed E-state index contributed by atoms with van der Waals surface area (Å²) in [4.78, 5) is 11.0. The van der Waals surface area contributed by atoms with Gasteiger partial charge in [-0.25, -0.2) is 9.48 Å². The third-order valence-electron chi connectivity index (χ3n) is 4.27. The van der Waals surface area contributed by atoms with Crippen molar-refractivity contribution in [2.24, 2.45) is 0 Å². The van der Waals surface area contributed by atoms with Crippen LogP contribution in [0.25, 0.3) is 5.69 Å². The fourth-order valence-electron chi connectivity index (χ4n) is 3.08. The van der Waals surface area contributed by atoms with E-state index in [0.29, 0.717) is 11.7 Å². The van der Waals surface area contributed by atoms with E-state index in [9.17, 15) is 4.79 Å². The van der Waals surface area contributed by atoms with E-state index in [1.54, 1.807) is 4.68 Å². The number of nitrogens with one attached hydrogen (secondary N) is 1. The van der Waals surface area contributed by atoms with Gasteiger partial charge in [-0.2, -0.15) is 5.10 Å². The number of carbonyl (C=O) groups is 1. The summed E-state index contributed by atoms with van der Waals surface area (Å²) in [5.74, 6) is 0.951. The first kappa shape index (κ1) is 14.6. The van der Waals surface area contributed by atoms with Gasteiger partial charge in [0, 0.05) is 12.0 Å². The van der Waals surface area contributed by atoms with Crippen LogP contribution in [-0.4, -0.2) is 21.0 Å². The SMILES string of the molecule is Cc1ccc(-n2nc(C3CCCCC3)cc2NC(=O)O)cc1. The van der Waals surface area contributed by atoms with Crippen molar-refractivity contribution in [1.29, 1.82) is 0 Å². The van der Waals surface area contributed by atoms with E-state index >= 15 is 0 Å². The van der Waals surface area contributed by atoms with Crippen LogP contribution in [0.2, 0.25) is 0 Å². The Morgan fingerprint density at radius 3 is 2.55 bits per heavy atom. The number of carboxylic acid groups (broad SMARTS) is 1. The van der Waals surface area contributed by atoms with Gasteiger partial charge in [-0.15, -0.1) is 0 Å². The average molecular weight is 299 g/mol. The first-order chi connectivity index (χ1) is 10.6. The molecule has 1 aromatic carbocycles. The molecule has 1 fully saturated rings. The lowest BCUT2D eigenvalue weighted by Gasteiger charge is -2.19. The molecule has 5 heteroatoms. The van der Waals surface area contributed by atoms with Crippen molar-refractivity contribution in [1.82, 2.24) is 9.78 Å². The summed E-state index contributed by atoms with van der Waals surface area (Å²) in [5, 5.41) is 16.2. The highest BCUT2D eigenvalue weighted by Gasteiger charge is 2.21. The maximum atomic E-state index is 11.0. The molecule has 0 atom stereocenters. The van der Waals surface area contributed by atoms with Gasteiger partial charge in [0.1, 0.15) is 5.82 Å². The zero-order valence-electron chi connectivity index (χ0n) is 12.7.